The third-order valence-corrected chi connectivity index (χ3v) is 2.94. The zero-order valence-electron chi connectivity index (χ0n) is 6.43. The molecule has 0 saturated carbocycles. The Morgan fingerprint density at radius 1 is 1.54 bits per heavy atom. The molecule has 13 heavy (non-hydrogen) atoms. The van der Waals surface area contributed by atoms with E-state index in [9.17, 15) is 4.79 Å². The van der Waals surface area contributed by atoms with Gasteiger partial charge in [-0.1, -0.05) is 11.6 Å². The highest BCUT2D eigenvalue weighted by molar-refractivity contribution is 9.10. The van der Waals surface area contributed by atoms with Crippen molar-refractivity contribution in [3.63, 3.8) is 0 Å². The maximum atomic E-state index is 10.8. The predicted molar refractivity (Wildman–Crippen MR) is 53.0 cm³/mol. The molecule has 0 aromatic heterocycles. The summed E-state index contributed by atoms with van der Waals surface area (Å²) < 4.78 is 5.58. The van der Waals surface area contributed by atoms with Crippen LogP contribution in [0.2, 0.25) is 5.02 Å². The van der Waals surface area contributed by atoms with Crippen LogP contribution >= 0.6 is 27.5 Å². The van der Waals surface area contributed by atoms with Crippen LogP contribution in [-0.2, 0) is 11.3 Å². The molecule has 1 aromatic rings. The number of anilines is 1. The van der Waals surface area contributed by atoms with Gasteiger partial charge in [0.1, 0.15) is 6.61 Å². The number of amides is 1. The van der Waals surface area contributed by atoms with Crippen LogP contribution in [0.1, 0.15) is 5.56 Å². The number of hydrogen-bond acceptors (Lipinski definition) is 2. The summed E-state index contributed by atoms with van der Waals surface area (Å²) in [5.41, 5.74) is 1.63. The number of ether oxygens (including phenoxy) is 1. The number of fused-ring (bicyclic) bond motifs is 1. The summed E-state index contributed by atoms with van der Waals surface area (Å²) >= 11 is 9.14. The van der Waals surface area contributed by atoms with E-state index < -0.39 is 6.09 Å². The number of carbonyl (C=O) groups excluding carboxylic acids is 1. The van der Waals surface area contributed by atoms with Gasteiger partial charge in [-0.2, -0.15) is 0 Å². The number of nitrogens with one attached hydrogen (secondary N) is 1. The van der Waals surface area contributed by atoms with Crippen molar-refractivity contribution in [1.29, 1.82) is 0 Å². The van der Waals surface area contributed by atoms with Gasteiger partial charge in [0.05, 0.1) is 10.7 Å². The fourth-order valence-electron chi connectivity index (χ4n) is 1.11. The van der Waals surface area contributed by atoms with E-state index in [1.807, 2.05) is 6.07 Å². The van der Waals surface area contributed by atoms with Gasteiger partial charge in [0, 0.05) is 10.0 Å². The van der Waals surface area contributed by atoms with Crippen LogP contribution < -0.4 is 5.32 Å². The van der Waals surface area contributed by atoms with E-state index in [2.05, 4.69) is 21.2 Å². The first kappa shape index (κ1) is 8.84. The first-order chi connectivity index (χ1) is 6.16. The van der Waals surface area contributed by atoms with Crippen molar-refractivity contribution in [2.75, 3.05) is 5.32 Å². The Labute approximate surface area is 88.2 Å². The molecule has 0 aliphatic carbocycles. The van der Waals surface area contributed by atoms with Gasteiger partial charge in [-0.15, -0.1) is 0 Å². The van der Waals surface area contributed by atoms with E-state index in [1.165, 1.54) is 0 Å². The molecular formula is C8H5BrClNO2. The maximum absolute atomic E-state index is 10.8. The van der Waals surface area contributed by atoms with Gasteiger partial charge in [-0.25, -0.2) is 4.79 Å². The van der Waals surface area contributed by atoms with Crippen molar-refractivity contribution in [2.45, 2.75) is 6.61 Å². The molecule has 5 heteroatoms. The van der Waals surface area contributed by atoms with Gasteiger partial charge in [-0.3, -0.25) is 5.32 Å². The van der Waals surface area contributed by atoms with Crippen molar-refractivity contribution in [2.24, 2.45) is 0 Å². The Kier molecular flexibility index (Phi) is 2.17. The zero-order valence-corrected chi connectivity index (χ0v) is 8.78. The van der Waals surface area contributed by atoms with E-state index in [4.69, 9.17) is 16.3 Å². The van der Waals surface area contributed by atoms with Gasteiger partial charge in [0.15, 0.2) is 0 Å². The number of hydrogen-bond donors (Lipinski definition) is 1. The molecule has 0 spiro atoms. The normalized spacial score (nSPS) is 14.5. The van der Waals surface area contributed by atoms with Crippen molar-refractivity contribution in [3.05, 3.63) is 27.2 Å². The molecular weight excluding hydrogens is 257 g/mol. The van der Waals surface area contributed by atoms with Gasteiger partial charge in [-0.05, 0) is 28.1 Å². The minimum atomic E-state index is -0.439. The molecule has 0 saturated heterocycles. The van der Waals surface area contributed by atoms with Crippen molar-refractivity contribution in [1.82, 2.24) is 0 Å². The van der Waals surface area contributed by atoms with Crippen LogP contribution in [0, 0.1) is 0 Å². The highest BCUT2D eigenvalue weighted by atomic mass is 79.9. The fourth-order valence-corrected chi connectivity index (χ4v) is 1.67. The second-order valence-corrected chi connectivity index (χ2v) is 3.89. The van der Waals surface area contributed by atoms with Crippen molar-refractivity contribution in [3.8, 4) is 0 Å². The molecule has 68 valence electrons. The lowest BCUT2D eigenvalue weighted by molar-refractivity contribution is 0.151. The van der Waals surface area contributed by atoms with Crippen LogP contribution in [0.25, 0.3) is 0 Å². The standard InChI is InChI=1S/C8H5BrClNO2/c9-5-1-4-3-13-8(12)11-7(4)2-6(5)10/h1-2H,3H2,(H,11,12). The first-order valence-corrected chi connectivity index (χ1v) is 4.75. The largest absolute Gasteiger partial charge is 0.444 e. The van der Waals surface area contributed by atoms with E-state index in [-0.39, 0.29) is 6.61 Å². The lowest BCUT2D eigenvalue weighted by atomic mass is 10.2. The van der Waals surface area contributed by atoms with Crippen molar-refractivity contribution >= 4 is 39.3 Å². The third-order valence-electron chi connectivity index (χ3n) is 1.74. The monoisotopic (exact) mass is 261 g/mol. The molecule has 0 atom stereocenters. The molecule has 1 amide bonds. The number of halogens is 2. The van der Waals surface area contributed by atoms with E-state index in [1.54, 1.807) is 6.07 Å². The molecule has 1 aromatic carbocycles. The number of cyclic esters (lactones) is 1. The molecule has 0 bridgehead atoms. The number of rotatable bonds is 0. The summed E-state index contributed by atoms with van der Waals surface area (Å²) in [5.74, 6) is 0. The molecule has 0 radical (unpaired) electrons. The lowest BCUT2D eigenvalue weighted by Gasteiger charge is -2.17. The van der Waals surface area contributed by atoms with Gasteiger partial charge < -0.3 is 4.74 Å². The molecule has 1 aliphatic rings. The smallest absolute Gasteiger partial charge is 0.411 e. The van der Waals surface area contributed by atoms with Gasteiger partial charge in [0.25, 0.3) is 0 Å². The van der Waals surface area contributed by atoms with E-state index in [0.29, 0.717) is 10.7 Å². The van der Waals surface area contributed by atoms with Gasteiger partial charge in [0.2, 0.25) is 0 Å². The second-order valence-electron chi connectivity index (χ2n) is 2.62. The molecule has 1 heterocycles. The Morgan fingerprint density at radius 3 is 3.08 bits per heavy atom. The zero-order chi connectivity index (χ0) is 9.42. The average Bonchev–Trinajstić information content (AvgIpc) is 2.08. The molecule has 0 unspecified atom stereocenters. The predicted octanol–water partition coefficient (Wildman–Crippen LogP) is 3.16. The second kappa shape index (κ2) is 3.20. The third kappa shape index (κ3) is 1.64. The number of carbonyl (C=O) groups is 1. The average molecular weight is 262 g/mol. The van der Waals surface area contributed by atoms with Crippen LogP contribution in [-0.4, -0.2) is 6.09 Å². The summed E-state index contributed by atoms with van der Waals surface area (Å²) in [4.78, 5) is 10.8. The Balaban J connectivity index is 2.49. The van der Waals surface area contributed by atoms with Crippen LogP contribution in [0.5, 0.6) is 0 Å². The van der Waals surface area contributed by atoms with Crippen LogP contribution in [0.4, 0.5) is 10.5 Å². The highest BCUT2D eigenvalue weighted by Gasteiger charge is 2.16. The molecule has 0 fully saturated rings. The fraction of sp³-hybridized carbons (Fsp3) is 0.125. The minimum absolute atomic E-state index is 0.289. The van der Waals surface area contributed by atoms with Crippen molar-refractivity contribution < 1.29 is 9.53 Å². The summed E-state index contributed by atoms with van der Waals surface area (Å²) in [7, 11) is 0. The molecule has 3 nitrogen and oxygen atoms in total. The Bertz CT molecular complexity index is 381. The highest BCUT2D eigenvalue weighted by Crippen LogP contribution is 2.31. The molecule has 2 rings (SSSR count). The Hall–Kier alpha value is -0.740. The Morgan fingerprint density at radius 2 is 2.31 bits per heavy atom. The van der Waals surface area contributed by atoms with Crippen LogP contribution in [0.3, 0.4) is 0 Å². The summed E-state index contributed by atoms with van der Waals surface area (Å²) in [6, 6.07) is 3.53. The molecule has 1 aliphatic heterocycles. The van der Waals surface area contributed by atoms with Gasteiger partial charge >= 0.3 is 6.09 Å². The summed E-state index contributed by atoms with van der Waals surface area (Å²) in [6.07, 6.45) is -0.439. The van der Waals surface area contributed by atoms with E-state index >= 15 is 0 Å². The quantitative estimate of drug-likeness (QED) is 0.780. The molecule has 1 N–H and O–H groups in total. The number of benzene rings is 1. The summed E-state index contributed by atoms with van der Waals surface area (Å²) in [6.45, 7) is 0.289. The maximum Gasteiger partial charge on any atom is 0.411 e. The topological polar surface area (TPSA) is 38.3 Å². The SMILES string of the molecule is O=C1Nc2cc(Cl)c(Br)cc2CO1. The van der Waals surface area contributed by atoms with E-state index in [0.717, 1.165) is 10.0 Å². The summed E-state index contributed by atoms with van der Waals surface area (Å²) in [5, 5.41) is 3.13. The van der Waals surface area contributed by atoms with Crippen LogP contribution in [0.15, 0.2) is 16.6 Å². The first-order valence-electron chi connectivity index (χ1n) is 3.58. The minimum Gasteiger partial charge on any atom is -0.444 e. The lowest BCUT2D eigenvalue weighted by Crippen LogP contribution is -2.20.